The minimum atomic E-state index is -0.205. The van der Waals surface area contributed by atoms with E-state index in [0.29, 0.717) is 24.3 Å². The van der Waals surface area contributed by atoms with Crippen LogP contribution >= 0.6 is 0 Å². The maximum atomic E-state index is 11.6. The van der Waals surface area contributed by atoms with Gasteiger partial charge >= 0.3 is 0 Å². The van der Waals surface area contributed by atoms with Gasteiger partial charge in [0.2, 0.25) is 5.91 Å². The Morgan fingerprint density at radius 2 is 2.16 bits per heavy atom. The molecular weight excluding hydrogens is 242 g/mol. The fourth-order valence-corrected chi connectivity index (χ4v) is 1.45. The average Bonchev–Trinajstić information content (AvgIpc) is 2.39. The number of carbonyl (C=O) groups is 2. The summed E-state index contributed by atoms with van der Waals surface area (Å²) in [4.78, 5) is 23.2. The topological polar surface area (TPSA) is 70.2 Å². The van der Waals surface area contributed by atoms with E-state index < -0.39 is 0 Å². The Bertz CT molecular complexity index is 492. The Hall–Kier alpha value is -2.32. The second-order valence-electron chi connectivity index (χ2n) is 3.80. The quantitative estimate of drug-likeness (QED) is 0.517. The summed E-state index contributed by atoms with van der Waals surface area (Å²) >= 11 is 0. The van der Waals surface area contributed by atoms with Crippen molar-refractivity contribution in [1.29, 1.82) is 0 Å². The number of nitrogens with one attached hydrogen (secondary N) is 3. The summed E-state index contributed by atoms with van der Waals surface area (Å²) in [5.74, 6) is 2.01. The third-order valence-electron chi connectivity index (χ3n) is 2.26. The van der Waals surface area contributed by atoms with E-state index in [1.165, 1.54) is 0 Å². The molecule has 1 aromatic rings. The van der Waals surface area contributed by atoms with Crippen molar-refractivity contribution in [3.8, 4) is 12.3 Å². The molecule has 19 heavy (non-hydrogen) atoms. The number of hydrogen-bond acceptors (Lipinski definition) is 3. The first-order valence-corrected chi connectivity index (χ1v) is 5.99. The molecule has 0 fully saturated rings. The molecule has 0 bridgehead atoms. The highest BCUT2D eigenvalue weighted by atomic mass is 16.2. The molecule has 0 saturated heterocycles. The molecule has 5 heteroatoms. The van der Waals surface area contributed by atoms with Crippen LogP contribution in [0.2, 0.25) is 0 Å². The van der Waals surface area contributed by atoms with Crippen LogP contribution in [0.5, 0.6) is 0 Å². The Kier molecular flexibility index (Phi) is 6.13. The summed E-state index contributed by atoms with van der Waals surface area (Å²) in [6.07, 6.45) is 5.06. The highest BCUT2D eigenvalue weighted by molar-refractivity contribution is 5.97. The van der Waals surface area contributed by atoms with Crippen LogP contribution in [0, 0.1) is 12.3 Å². The van der Waals surface area contributed by atoms with Gasteiger partial charge in [0.05, 0.1) is 13.1 Å². The minimum absolute atomic E-state index is 0.135. The third kappa shape index (κ3) is 5.23. The van der Waals surface area contributed by atoms with Gasteiger partial charge in [0.25, 0.3) is 5.91 Å². The van der Waals surface area contributed by atoms with E-state index in [2.05, 4.69) is 21.9 Å². The number of terminal acetylenes is 1. The van der Waals surface area contributed by atoms with Gasteiger partial charge in [-0.05, 0) is 25.1 Å². The summed E-state index contributed by atoms with van der Waals surface area (Å²) in [6.45, 7) is 2.88. The van der Waals surface area contributed by atoms with Crippen molar-refractivity contribution in [3.05, 3.63) is 29.8 Å². The van der Waals surface area contributed by atoms with Crippen LogP contribution in [0.1, 0.15) is 17.3 Å². The SMILES string of the molecule is C#CCNCC(=O)Nc1cccc(C(=O)NCC)c1. The van der Waals surface area contributed by atoms with E-state index in [-0.39, 0.29) is 18.4 Å². The first kappa shape index (κ1) is 14.7. The molecule has 0 aromatic heterocycles. The van der Waals surface area contributed by atoms with Crippen LogP contribution in [-0.2, 0) is 4.79 Å². The fourth-order valence-electron chi connectivity index (χ4n) is 1.45. The van der Waals surface area contributed by atoms with Crippen molar-refractivity contribution < 1.29 is 9.59 Å². The number of rotatable bonds is 6. The van der Waals surface area contributed by atoms with Gasteiger partial charge in [-0.25, -0.2) is 0 Å². The number of benzene rings is 1. The van der Waals surface area contributed by atoms with Crippen LogP contribution in [0.3, 0.4) is 0 Å². The molecule has 2 amide bonds. The average molecular weight is 259 g/mol. The molecule has 1 aromatic carbocycles. The van der Waals surface area contributed by atoms with Gasteiger partial charge in [-0.3, -0.25) is 14.9 Å². The largest absolute Gasteiger partial charge is 0.352 e. The first-order valence-electron chi connectivity index (χ1n) is 5.99. The molecule has 3 N–H and O–H groups in total. The molecule has 0 unspecified atom stereocenters. The van der Waals surface area contributed by atoms with E-state index in [1.807, 2.05) is 6.92 Å². The molecule has 0 heterocycles. The highest BCUT2D eigenvalue weighted by Crippen LogP contribution is 2.10. The summed E-state index contributed by atoms with van der Waals surface area (Å²) in [5.41, 5.74) is 1.09. The van der Waals surface area contributed by atoms with E-state index in [0.717, 1.165) is 0 Å². The van der Waals surface area contributed by atoms with Crippen LogP contribution in [0.15, 0.2) is 24.3 Å². The summed E-state index contributed by atoms with van der Waals surface area (Å²) < 4.78 is 0. The number of hydrogen-bond donors (Lipinski definition) is 3. The van der Waals surface area contributed by atoms with Crippen molar-refractivity contribution in [2.24, 2.45) is 0 Å². The Balaban J connectivity index is 2.59. The van der Waals surface area contributed by atoms with Crippen LogP contribution in [0.4, 0.5) is 5.69 Å². The maximum absolute atomic E-state index is 11.6. The minimum Gasteiger partial charge on any atom is -0.352 e. The Morgan fingerprint density at radius 3 is 2.84 bits per heavy atom. The van der Waals surface area contributed by atoms with Gasteiger partial charge in [-0.15, -0.1) is 6.42 Å². The van der Waals surface area contributed by atoms with Crippen LogP contribution in [-0.4, -0.2) is 31.4 Å². The predicted octanol–water partition coefficient (Wildman–Crippen LogP) is 0.598. The summed E-state index contributed by atoms with van der Waals surface area (Å²) in [7, 11) is 0. The van der Waals surface area contributed by atoms with E-state index in [1.54, 1.807) is 24.3 Å². The van der Waals surface area contributed by atoms with Crippen LogP contribution < -0.4 is 16.0 Å². The molecule has 0 aliphatic heterocycles. The van der Waals surface area contributed by atoms with E-state index in [9.17, 15) is 9.59 Å². The monoisotopic (exact) mass is 259 g/mol. The molecule has 0 aliphatic carbocycles. The second kappa shape index (κ2) is 7.90. The fraction of sp³-hybridized carbons (Fsp3) is 0.286. The molecule has 0 spiro atoms. The van der Waals surface area contributed by atoms with E-state index in [4.69, 9.17) is 6.42 Å². The van der Waals surface area contributed by atoms with Crippen molar-refractivity contribution >= 4 is 17.5 Å². The highest BCUT2D eigenvalue weighted by Gasteiger charge is 2.06. The van der Waals surface area contributed by atoms with Crippen molar-refractivity contribution in [2.75, 3.05) is 25.0 Å². The first-order chi connectivity index (χ1) is 9.17. The lowest BCUT2D eigenvalue weighted by Gasteiger charge is -2.07. The predicted molar refractivity (Wildman–Crippen MR) is 74.8 cm³/mol. The molecule has 100 valence electrons. The Morgan fingerprint density at radius 1 is 1.37 bits per heavy atom. The lowest BCUT2D eigenvalue weighted by atomic mass is 10.2. The van der Waals surface area contributed by atoms with E-state index >= 15 is 0 Å². The zero-order valence-corrected chi connectivity index (χ0v) is 10.8. The molecule has 0 atom stereocenters. The van der Waals surface area contributed by atoms with Crippen LogP contribution in [0.25, 0.3) is 0 Å². The Labute approximate surface area is 112 Å². The van der Waals surface area contributed by atoms with Gasteiger partial charge in [-0.1, -0.05) is 12.0 Å². The standard InChI is InChI=1S/C14H17N3O2/c1-3-8-15-10-13(18)17-12-7-5-6-11(9-12)14(19)16-4-2/h1,5-7,9,15H,4,8,10H2,2H3,(H,16,19)(H,17,18). The van der Waals surface area contributed by atoms with Crippen molar-refractivity contribution in [1.82, 2.24) is 10.6 Å². The van der Waals surface area contributed by atoms with Crippen molar-refractivity contribution in [2.45, 2.75) is 6.92 Å². The lowest BCUT2D eigenvalue weighted by Crippen LogP contribution is -2.28. The number of anilines is 1. The molecule has 0 radical (unpaired) electrons. The molecular formula is C14H17N3O2. The zero-order chi connectivity index (χ0) is 14.1. The summed E-state index contributed by atoms with van der Waals surface area (Å²) in [5, 5.41) is 8.17. The molecule has 0 saturated carbocycles. The maximum Gasteiger partial charge on any atom is 0.251 e. The normalized spacial score (nSPS) is 9.47. The molecule has 0 aliphatic rings. The molecule has 5 nitrogen and oxygen atoms in total. The smallest absolute Gasteiger partial charge is 0.251 e. The molecule has 1 rings (SSSR count). The number of carbonyl (C=O) groups excluding carboxylic acids is 2. The van der Waals surface area contributed by atoms with Crippen molar-refractivity contribution in [3.63, 3.8) is 0 Å². The number of amides is 2. The van der Waals surface area contributed by atoms with Gasteiger partial charge in [0.1, 0.15) is 0 Å². The lowest BCUT2D eigenvalue weighted by molar-refractivity contribution is -0.115. The van der Waals surface area contributed by atoms with Gasteiger partial charge in [-0.2, -0.15) is 0 Å². The second-order valence-corrected chi connectivity index (χ2v) is 3.80. The third-order valence-corrected chi connectivity index (χ3v) is 2.26. The van der Waals surface area contributed by atoms with Gasteiger partial charge in [0.15, 0.2) is 0 Å². The summed E-state index contributed by atoms with van der Waals surface area (Å²) in [6, 6.07) is 6.76. The zero-order valence-electron chi connectivity index (χ0n) is 10.8. The van der Waals surface area contributed by atoms with Gasteiger partial charge < -0.3 is 10.6 Å². The van der Waals surface area contributed by atoms with Gasteiger partial charge in [0, 0.05) is 17.8 Å².